The zero-order valence-electron chi connectivity index (χ0n) is 13.9. The Kier molecular flexibility index (Phi) is 4.32. The second-order valence-electron chi connectivity index (χ2n) is 6.65. The summed E-state index contributed by atoms with van der Waals surface area (Å²) in [5, 5.41) is 0. The number of hydrogen-bond donors (Lipinski definition) is 0. The first-order valence-corrected chi connectivity index (χ1v) is 8.14. The van der Waals surface area contributed by atoms with E-state index in [1.807, 2.05) is 0 Å². The van der Waals surface area contributed by atoms with Crippen LogP contribution in [0.2, 0.25) is 0 Å². The van der Waals surface area contributed by atoms with Crippen LogP contribution in [-0.4, -0.2) is 37.5 Å². The number of benzene rings is 2. The highest BCUT2D eigenvalue weighted by molar-refractivity contribution is 5.46. The summed E-state index contributed by atoms with van der Waals surface area (Å²) in [4.78, 5) is 4.81. The largest absolute Gasteiger partial charge is 0.309 e. The van der Waals surface area contributed by atoms with E-state index in [4.69, 9.17) is 0 Å². The summed E-state index contributed by atoms with van der Waals surface area (Å²) in [5.41, 5.74) is 4.40. The SMILES string of the molecule is CN(C)CCCC1(c2ccccc2)c2ccccc2CN1C. The summed E-state index contributed by atoms with van der Waals surface area (Å²) >= 11 is 0. The fraction of sp³-hybridized carbons (Fsp3) is 0.400. The van der Waals surface area contributed by atoms with Gasteiger partial charge in [-0.15, -0.1) is 0 Å². The highest BCUT2D eigenvalue weighted by atomic mass is 15.2. The van der Waals surface area contributed by atoms with E-state index in [1.165, 1.54) is 23.1 Å². The maximum absolute atomic E-state index is 2.53. The maximum Gasteiger partial charge on any atom is 0.0719 e. The van der Waals surface area contributed by atoms with Gasteiger partial charge in [0.15, 0.2) is 0 Å². The lowest BCUT2D eigenvalue weighted by molar-refractivity contribution is 0.160. The molecule has 1 aliphatic rings. The smallest absolute Gasteiger partial charge is 0.0719 e. The van der Waals surface area contributed by atoms with Crippen LogP contribution in [0.4, 0.5) is 0 Å². The molecule has 2 heteroatoms. The van der Waals surface area contributed by atoms with Crippen LogP contribution < -0.4 is 0 Å². The van der Waals surface area contributed by atoms with Crippen LogP contribution in [0, 0.1) is 0 Å². The molecule has 0 saturated carbocycles. The molecule has 0 aromatic heterocycles. The van der Waals surface area contributed by atoms with Crippen molar-refractivity contribution in [2.24, 2.45) is 0 Å². The van der Waals surface area contributed by atoms with Gasteiger partial charge in [-0.05, 0) is 57.2 Å². The van der Waals surface area contributed by atoms with Crippen LogP contribution in [0.3, 0.4) is 0 Å². The van der Waals surface area contributed by atoms with Crippen LogP contribution in [0.15, 0.2) is 54.6 Å². The molecular formula is C20H26N2. The van der Waals surface area contributed by atoms with Crippen molar-refractivity contribution in [1.29, 1.82) is 0 Å². The van der Waals surface area contributed by atoms with Crippen molar-refractivity contribution >= 4 is 0 Å². The zero-order chi connectivity index (χ0) is 15.6. The van der Waals surface area contributed by atoms with E-state index < -0.39 is 0 Å². The average Bonchev–Trinajstić information content (AvgIpc) is 2.81. The average molecular weight is 294 g/mol. The summed E-state index contributed by atoms with van der Waals surface area (Å²) in [6.07, 6.45) is 2.35. The van der Waals surface area contributed by atoms with Gasteiger partial charge in [-0.1, -0.05) is 54.6 Å². The number of rotatable bonds is 5. The van der Waals surface area contributed by atoms with E-state index in [0.717, 1.165) is 19.5 Å². The Morgan fingerprint density at radius 3 is 2.41 bits per heavy atom. The molecule has 3 rings (SSSR count). The fourth-order valence-electron chi connectivity index (χ4n) is 3.87. The third-order valence-electron chi connectivity index (χ3n) is 4.92. The summed E-state index contributed by atoms with van der Waals surface area (Å²) in [6.45, 7) is 2.16. The van der Waals surface area contributed by atoms with Crippen molar-refractivity contribution < 1.29 is 0 Å². The highest BCUT2D eigenvalue weighted by Crippen LogP contribution is 2.46. The van der Waals surface area contributed by atoms with Gasteiger partial charge in [-0.3, -0.25) is 4.90 Å². The lowest BCUT2D eigenvalue weighted by atomic mass is 9.79. The zero-order valence-corrected chi connectivity index (χ0v) is 13.9. The molecule has 1 atom stereocenters. The minimum atomic E-state index is 0.0217. The molecule has 2 aromatic carbocycles. The predicted molar refractivity (Wildman–Crippen MR) is 92.9 cm³/mol. The molecule has 0 aliphatic carbocycles. The first-order chi connectivity index (χ1) is 10.6. The highest BCUT2D eigenvalue weighted by Gasteiger charge is 2.43. The molecule has 2 nitrogen and oxygen atoms in total. The molecule has 1 aliphatic heterocycles. The van der Waals surface area contributed by atoms with Gasteiger partial charge < -0.3 is 4.90 Å². The first kappa shape index (κ1) is 15.3. The predicted octanol–water partition coefficient (Wildman–Crippen LogP) is 3.72. The molecule has 0 spiro atoms. The molecule has 0 saturated heterocycles. The van der Waals surface area contributed by atoms with Crippen molar-refractivity contribution in [3.8, 4) is 0 Å². The Hall–Kier alpha value is -1.64. The van der Waals surface area contributed by atoms with Crippen LogP contribution >= 0.6 is 0 Å². The van der Waals surface area contributed by atoms with Crippen LogP contribution in [0.25, 0.3) is 0 Å². The minimum absolute atomic E-state index is 0.0217. The van der Waals surface area contributed by atoms with Gasteiger partial charge in [0, 0.05) is 6.54 Å². The van der Waals surface area contributed by atoms with Gasteiger partial charge in [0.25, 0.3) is 0 Å². The minimum Gasteiger partial charge on any atom is -0.309 e. The lowest BCUT2D eigenvalue weighted by Crippen LogP contribution is -2.40. The third kappa shape index (κ3) is 2.57. The number of nitrogens with zero attached hydrogens (tertiary/aromatic N) is 2. The van der Waals surface area contributed by atoms with Crippen LogP contribution in [-0.2, 0) is 12.1 Å². The van der Waals surface area contributed by atoms with E-state index in [0.29, 0.717) is 0 Å². The standard InChI is InChI=1S/C20H26N2/c1-21(2)15-9-14-20(18-11-5-4-6-12-18)19-13-8-7-10-17(19)16-22(20)3/h4-8,10-13H,9,14-16H2,1-3H3. The Morgan fingerprint density at radius 2 is 1.68 bits per heavy atom. The Bertz CT molecular complexity index is 621. The van der Waals surface area contributed by atoms with Gasteiger partial charge in [0.2, 0.25) is 0 Å². The summed E-state index contributed by atoms with van der Waals surface area (Å²) in [6, 6.07) is 20.0. The molecule has 0 N–H and O–H groups in total. The first-order valence-electron chi connectivity index (χ1n) is 8.14. The van der Waals surface area contributed by atoms with Crippen molar-refractivity contribution in [3.05, 3.63) is 71.3 Å². The van der Waals surface area contributed by atoms with Gasteiger partial charge in [0.1, 0.15) is 0 Å². The molecule has 22 heavy (non-hydrogen) atoms. The van der Waals surface area contributed by atoms with E-state index in [9.17, 15) is 0 Å². The van der Waals surface area contributed by atoms with Crippen molar-refractivity contribution in [2.45, 2.75) is 24.9 Å². The van der Waals surface area contributed by atoms with E-state index in [2.05, 4.69) is 85.5 Å². The summed E-state index contributed by atoms with van der Waals surface area (Å²) < 4.78 is 0. The molecule has 1 unspecified atom stereocenters. The molecule has 1 heterocycles. The van der Waals surface area contributed by atoms with Gasteiger partial charge in [-0.25, -0.2) is 0 Å². The van der Waals surface area contributed by atoms with Crippen molar-refractivity contribution in [2.75, 3.05) is 27.7 Å². The normalized spacial score (nSPS) is 21.3. The van der Waals surface area contributed by atoms with E-state index in [1.54, 1.807) is 0 Å². The van der Waals surface area contributed by atoms with Crippen molar-refractivity contribution in [1.82, 2.24) is 9.80 Å². The monoisotopic (exact) mass is 294 g/mol. The molecule has 0 radical (unpaired) electrons. The molecular weight excluding hydrogens is 268 g/mol. The maximum atomic E-state index is 2.53. The van der Waals surface area contributed by atoms with E-state index in [-0.39, 0.29) is 5.54 Å². The Morgan fingerprint density at radius 1 is 1.00 bits per heavy atom. The van der Waals surface area contributed by atoms with Gasteiger partial charge >= 0.3 is 0 Å². The molecule has 0 bridgehead atoms. The molecule has 0 fully saturated rings. The van der Waals surface area contributed by atoms with Crippen molar-refractivity contribution in [3.63, 3.8) is 0 Å². The quantitative estimate of drug-likeness (QED) is 0.829. The second kappa shape index (κ2) is 6.23. The summed E-state index contributed by atoms with van der Waals surface area (Å²) in [7, 11) is 6.58. The van der Waals surface area contributed by atoms with Crippen LogP contribution in [0.1, 0.15) is 29.5 Å². The summed E-state index contributed by atoms with van der Waals surface area (Å²) in [5.74, 6) is 0. The van der Waals surface area contributed by atoms with E-state index >= 15 is 0 Å². The molecule has 0 amide bonds. The Balaban J connectivity index is 2.04. The number of hydrogen-bond acceptors (Lipinski definition) is 2. The Labute approximate surface area is 134 Å². The van der Waals surface area contributed by atoms with Gasteiger partial charge in [-0.2, -0.15) is 0 Å². The topological polar surface area (TPSA) is 6.48 Å². The van der Waals surface area contributed by atoms with Gasteiger partial charge in [0.05, 0.1) is 5.54 Å². The number of fused-ring (bicyclic) bond motifs is 1. The third-order valence-corrected chi connectivity index (χ3v) is 4.92. The molecule has 116 valence electrons. The lowest BCUT2D eigenvalue weighted by Gasteiger charge is -2.38. The fourth-order valence-corrected chi connectivity index (χ4v) is 3.87. The molecule has 2 aromatic rings. The second-order valence-corrected chi connectivity index (χ2v) is 6.65. The van der Waals surface area contributed by atoms with Crippen LogP contribution in [0.5, 0.6) is 0 Å².